The van der Waals surface area contributed by atoms with E-state index in [9.17, 15) is 4.79 Å². The zero-order chi connectivity index (χ0) is 22.1. The van der Waals surface area contributed by atoms with Crippen molar-refractivity contribution in [1.29, 1.82) is 0 Å². The molecule has 162 valence electrons. The summed E-state index contributed by atoms with van der Waals surface area (Å²) < 4.78 is 10.9. The minimum absolute atomic E-state index is 0.174. The van der Waals surface area contributed by atoms with Gasteiger partial charge in [-0.3, -0.25) is 9.69 Å². The van der Waals surface area contributed by atoms with Crippen molar-refractivity contribution in [2.45, 2.75) is 39.9 Å². The molecule has 0 aliphatic carbocycles. The largest absolute Gasteiger partial charge is 0.491 e. The average Bonchev–Trinajstić information content (AvgIpc) is 2.71. The Balaban J connectivity index is 2.04. The number of halogens is 1. The summed E-state index contributed by atoms with van der Waals surface area (Å²) in [4.78, 5) is 14.6. The summed E-state index contributed by atoms with van der Waals surface area (Å²) in [5.41, 5.74) is 3.08. The van der Waals surface area contributed by atoms with Gasteiger partial charge >= 0.3 is 0 Å². The van der Waals surface area contributed by atoms with Crippen LogP contribution in [0.25, 0.3) is 6.08 Å². The van der Waals surface area contributed by atoms with E-state index in [1.807, 2.05) is 25.1 Å². The number of hydrogen-bond acceptors (Lipinski definition) is 4. The molecule has 0 radical (unpaired) electrons. The van der Waals surface area contributed by atoms with Crippen LogP contribution in [0, 0.1) is 0 Å². The fraction of sp³-hybridized carbons (Fsp3) is 0.375. The van der Waals surface area contributed by atoms with Crippen molar-refractivity contribution in [2.24, 2.45) is 0 Å². The van der Waals surface area contributed by atoms with Crippen LogP contribution in [0.2, 0.25) is 5.02 Å². The van der Waals surface area contributed by atoms with E-state index in [2.05, 4.69) is 37.2 Å². The van der Waals surface area contributed by atoms with Crippen molar-refractivity contribution in [3.63, 3.8) is 0 Å². The van der Waals surface area contributed by atoms with Crippen molar-refractivity contribution >= 4 is 23.6 Å². The number of methoxy groups -OCH3 is 1. The fourth-order valence-electron chi connectivity index (χ4n) is 2.89. The topological polar surface area (TPSA) is 50.8 Å². The van der Waals surface area contributed by atoms with Crippen LogP contribution in [0.5, 0.6) is 11.5 Å². The van der Waals surface area contributed by atoms with Gasteiger partial charge in [-0.2, -0.15) is 0 Å². The molecule has 0 unspecified atom stereocenters. The molecule has 2 aromatic rings. The highest BCUT2D eigenvalue weighted by atomic mass is 35.5. The number of nitrogens with zero attached hydrogens (tertiary/aromatic N) is 1. The smallest absolute Gasteiger partial charge is 0.244 e. The van der Waals surface area contributed by atoms with Crippen LogP contribution in [-0.4, -0.2) is 37.6 Å². The van der Waals surface area contributed by atoms with Gasteiger partial charge in [0, 0.05) is 25.2 Å². The zero-order valence-corrected chi connectivity index (χ0v) is 19.1. The summed E-state index contributed by atoms with van der Waals surface area (Å²) in [6.07, 6.45) is 3.21. The van der Waals surface area contributed by atoms with Crippen LogP contribution >= 0.6 is 11.6 Å². The third kappa shape index (κ3) is 6.78. The molecule has 0 bridgehead atoms. The van der Waals surface area contributed by atoms with Crippen molar-refractivity contribution in [1.82, 2.24) is 10.2 Å². The summed E-state index contributed by atoms with van der Waals surface area (Å²) in [5, 5.41) is 3.39. The summed E-state index contributed by atoms with van der Waals surface area (Å²) in [5.74, 6) is 0.866. The molecule has 0 saturated carbocycles. The zero-order valence-electron chi connectivity index (χ0n) is 18.4. The molecule has 0 saturated heterocycles. The van der Waals surface area contributed by atoms with Crippen LogP contribution in [0.4, 0.5) is 0 Å². The summed E-state index contributed by atoms with van der Waals surface area (Å²) in [7, 11) is 3.64. The third-order valence-corrected chi connectivity index (χ3v) is 5.12. The van der Waals surface area contributed by atoms with E-state index in [0.717, 1.165) is 17.7 Å². The minimum Gasteiger partial charge on any atom is -0.491 e. The minimum atomic E-state index is -0.174. The molecular weight excluding hydrogens is 400 g/mol. The van der Waals surface area contributed by atoms with Crippen LogP contribution in [0.1, 0.15) is 37.5 Å². The van der Waals surface area contributed by atoms with Crippen molar-refractivity contribution < 1.29 is 14.3 Å². The Morgan fingerprint density at radius 3 is 2.57 bits per heavy atom. The Labute approximate surface area is 184 Å². The third-order valence-electron chi connectivity index (χ3n) is 4.84. The van der Waals surface area contributed by atoms with E-state index in [0.29, 0.717) is 35.7 Å². The first-order chi connectivity index (χ1) is 14.3. The van der Waals surface area contributed by atoms with E-state index < -0.39 is 0 Å². The first kappa shape index (κ1) is 23.8. The van der Waals surface area contributed by atoms with E-state index in [4.69, 9.17) is 21.1 Å². The molecule has 1 amide bonds. The van der Waals surface area contributed by atoms with E-state index in [1.165, 1.54) is 11.6 Å². The lowest BCUT2D eigenvalue weighted by Gasteiger charge is -2.22. The Kier molecular flexibility index (Phi) is 9.21. The monoisotopic (exact) mass is 430 g/mol. The second kappa shape index (κ2) is 11.6. The highest BCUT2D eigenvalue weighted by molar-refractivity contribution is 6.32. The van der Waals surface area contributed by atoms with Gasteiger partial charge in [0.15, 0.2) is 11.5 Å². The molecule has 2 rings (SSSR count). The van der Waals surface area contributed by atoms with Gasteiger partial charge in [-0.1, -0.05) is 35.9 Å². The molecule has 0 aliphatic heterocycles. The lowest BCUT2D eigenvalue weighted by molar-refractivity contribution is -0.116. The normalized spacial score (nSPS) is 11.3. The second-order valence-electron chi connectivity index (χ2n) is 7.30. The van der Waals surface area contributed by atoms with Gasteiger partial charge < -0.3 is 14.8 Å². The van der Waals surface area contributed by atoms with Crippen LogP contribution in [0.3, 0.4) is 0 Å². The molecule has 0 spiro atoms. The Morgan fingerprint density at radius 1 is 1.23 bits per heavy atom. The molecule has 6 heteroatoms. The molecule has 30 heavy (non-hydrogen) atoms. The van der Waals surface area contributed by atoms with Crippen molar-refractivity contribution in [2.75, 3.05) is 20.8 Å². The molecule has 5 nitrogen and oxygen atoms in total. The number of amides is 1. The van der Waals surface area contributed by atoms with Gasteiger partial charge in [0.2, 0.25) is 5.91 Å². The van der Waals surface area contributed by atoms with Crippen LogP contribution in [0.15, 0.2) is 42.5 Å². The molecule has 2 aromatic carbocycles. The van der Waals surface area contributed by atoms with Gasteiger partial charge in [-0.05, 0) is 62.7 Å². The highest BCUT2D eigenvalue weighted by Crippen LogP contribution is 2.36. The maximum absolute atomic E-state index is 12.4. The van der Waals surface area contributed by atoms with Gasteiger partial charge in [0.25, 0.3) is 0 Å². The first-order valence-corrected chi connectivity index (χ1v) is 10.5. The molecule has 0 aromatic heterocycles. The number of carbonyl (C=O) groups excluding carboxylic acids is 1. The number of rotatable bonds is 10. The first-order valence-electron chi connectivity index (χ1n) is 10.1. The summed E-state index contributed by atoms with van der Waals surface area (Å²) >= 11 is 6.26. The van der Waals surface area contributed by atoms with Gasteiger partial charge in [-0.15, -0.1) is 0 Å². The maximum Gasteiger partial charge on any atom is 0.244 e. The lowest BCUT2D eigenvalue weighted by atomic mass is 10.1. The molecule has 0 atom stereocenters. The predicted octanol–water partition coefficient (Wildman–Crippen LogP) is 4.92. The standard InChI is InChI=1S/C24H31ClN2O3/c1-6-30-22-14-18(13-21(25)24(22)29-5)11-12-23(28)26-15-19-9-7-8-10-20(19)16-27(4)17(2)3/h7-14,17H,6,15-16H2,1-5H3,(H,26,28)/b12-11+. The average molecular weight is 431 g/mol. The summed E-state index contributed by atoms with van der Waals surface area (Å²) in [6, 6.07) is 12.2. The van der Waals surface area contributed by atoms with E-state index >= 15 is 0 Å². The van der Waals surface area contributed by atoms with Gasteiger partial charge in [0.1, 0.15) is 0 Å². The summed E-state index contributed by atoms with van der Waals surface area (Å²) in [6.45, 7) is 8.02. The predicted molar refractivity (Wildman–Crippen MR) is 123 cm³/mol. The maximum atomic E-state index is 12.4. The van der Waals surface area contributed by atoms with E-state index in [1.54, 1.807) is 25.3 Å². The van der Waals surface area contributed by atoms with Crippen molar-refractivity contribution in [3.8, 4) is 11.5 Å². The number of hydrogen-bond donors (Lipinski definition) is 1. The van der Waals surface area contributed by atoms with Crippen molar-refractivity contribution in [3.05, 3.63) is 64.2 Å². The second-order valence-corrected chi connectivity index (χ2v) is 7.70. The molecular formula is C24H31ClN2O3. The Morgan fingerprint density at radius 2 is 1.93 bits per heavy atom. The highest BCUT2D eigenvalue weighted by Gasteiger charge is 2.11. The molecule has 1 N–H and O–H groups in total. The number of ether oxygens (including phenoxy) is 2. The van der Waals surface area contributed by atoms with Crippen LogP contribution in [-0.2, 0) is 17.9 Å². The van der Waals surface area contributed by atoms with Crippen LogP contribution < -0.4 is 14.8 Å². The SMILES string of the molecule is CCOc1cc(/C=C/C(=O)NCc2ccccc2CN(C)C(C)C)cc(Cl)c1OC. The lowest BCUT2D eigenvalue weighted by Crippen LogP contribution is -2.27. The van der Waals surface area contributed by atoms with E-state index in [-0.39, 0.29) is 5.91 Å². The molecule has 0 fully saturated rings. The fourth-order valence-corrected chi connectivity index (χ4v) is 3.19. The molecule has 0 aliphatic rings. The number of nitrogens with one attached hydrogen (secondary N) is 1. The quantitative estimate of drug-likeness (QED) is 0.544. The number of benzene rings is 2. The number of carbonyl (C=O) groups is 1. The Hall–Kier alpha value is -2.50. The Bertz CT molecular complexity index is 881. The van der Waals surface area contributed by atoms with Gasteiger partial charge in [-0.25, -0.2) is 0 Å². The molecule has 0 heterocycles. The van der Waals surface area contributed by atoms with Gasteiger partial charge in [0.05, 0.1) is 18.7 Å².